The van der Waals surface area contributed by atoms with E-state index in [0.717, 1.165) is 45.9 Å². The zero-order valence-corrected chi connectivity index (χ0v) is 18.6. The molecule has 9 heteroatoms. The molecule has 154 valence electrons. The number of amides is 1. The maximum atomic E-state index is 12.3. The number of hydrogen-bond donors (Lipinski definition) is 2. The molecule has 0 spiro atoms. The molecule has 1 aromatic carbocycles. The molecule has 0 bridgehead atoms. The first-order valence-corrected chi connectivity index (χ1v) is 11.4. The standard InChI is InChI=1S/C20H26N6OS2/c1-4-10-21-19-23-24-20(29-19)28-13-18(27)22-11-17-14(2)25-26(15(17)3)12-16-8-6-5-7-9-16/h5-9H,4,10-13H2,1-3H3,(H,21,23)(H,22,27). The van der Waals surface area contributed by atoms with Gasteiger partial charge < -0.3 is 10.6 Å². The molecule has 0 radical (unpaired) electrons. The molecule has 29 heavy (non-hydrogen) atoms. The predicted octanol–water partition coefficient (Wildman–Crippen LogP) is 3.63. The lowest BCUT2D eigenvalue weighted by Crippen LogP contribution is -2.25. The average Bonchev–Trinajstić information content (AvgIpc) is 3.28. The zero-order chi connectivity index (χ0) is 20.6. The van der Waals surface area contributed by atoms with Gasteiger partial charge in [0.15, 0.2) is 4.34 Å². The molecule has 2 N–H and O–H groups in total. The highest BCUT2D eigenvalue weighted by molar-refractivity contribution is 8.01. The van der Waals surface area contributed by atoms with Crippen molar-refractivity contribution in [1.29, 1.82) is 0 Å². The summed E-state index contributed by atoms with van der Waals surface area (Å²) in [4.78, 5) is 12.3. The fourth-order valence-corrected chi connectivity index (χ4v) is 4.44. The number of aromatic nitrogens is 4. The lowest BCUT2D eigenvalue weighted by Gasteiger charge is -2.07. The van der Waals surface area contributed by atoms with E-state index in [4.69, 9.17) is 0 Å². The highest BCUT2D eigenvalue weighted by atomic mass is 32.2. The molecule has 2 heterocycles. The zero-order valence-electron chi connectivity index (χ0n) is 16.9. The number of nitrogens with zero attached hydrogens (tertiary/aromatic N) is 4. The van der Waals surface area contributed by atoms with Crippen molar-refractivity contribution in [2.45, 2.75) is 44.6 Å². The van der Waals surface area contributed by atoms with Crippen molar-refractivity contribution in [1.82, 2.24) is 25.3 Å². The maximum Gasteiger partial charge on any atom is 0.230 e. The van der Waals surface area contributed by atoms with E-state index in [2.05, 4.69) is 45.0 Å². The van der Waals surface area contributed by atoms with Crippen LogP contribution in [-0.4, -0.2) is 38.2 Å². The summed E-state index contributed by atoms with van der Waals surface area (Å²) < 4.78 is 2.79. The molecule has 2 aromatic heterocycles. The van der Waals surface area contributed by atoms with Crippen LogP contribution in [0.2, 0.25) is 0 Å². The van der Waals surface area contributed by atoms with Gasteiger partial charge in [-0.3, -0.25) is 9.48 Å². The topological polar surface area (TPSA) is 84.7 Å². The maximum absolute atomic E-state index is 12.3. The molecule has 3 rings (SSSR count). The Morgan fingerprint density at radius 2 is 2.00 bits per heavy atom. The SMILES string of the molecule is CCCNc1nnc(SCC(=O)NCc2c(C)nn(Cc3ccccc3)c2C)s1. The molecular weight excluding hydrogens is 404 g/mol. The van der Waals surface area contributed by atoms with Gasteiger partial charge in [-0.05, 0) is 25.8 Å². The van der Waals surface area contributed by atoms with Gasteiger partial charge in [0.2, 0.25) is 11.0 Å². The van der Waals surface area contributed by atoms with Crippen LogP contribution in [0.1, 0.15) is 35.9 Å². The van der Waals surface area contributed by atoms with Gasteiger partial charge in [-0.2, -0.15) is 5.10 Å². The predicted molar refractivity (Wildman–Crippen MR) is 119 cm³/mol. The third kappa shape index (κ3) is 6.04. The van der Waals surface area contributed by atoms with Gasteiger partial charge in [-0.15, -0.1) is 10.2 Å². The Hall–Kier alpha value is -2.39. The minimum atomic E-state index is -0.0251. The fraction of sp³-hybridized carbons (Fsp3) is 0.400. The van der Waals surface area contributed by atoms with Gasteiger partial charge in [0.25, 0.3) is 0 Å². The van der Waals surface area contributed by atoms with Crippen molar-refractivity contribution in [3.63, 3.8) is 0 Å². The molecule has 0 unspecified atom stereocenters. The highest BCUT2D eigenvalue weighted by Crippen LogP contribution is 2.25. The first kappa shape index (κ1) is 21.3. The van der Waals surface area contributed by atoms with Crippen LogP contribution in [0.15, 0.2) is 34.7 Å². The summed E-state index contributed by atoms with van der Waals surface area (Å²) in [7, 11) is 0. The summed E-state index contributed by atoms with van der Waals surface area (Å²) in [6.07, 6.45) is 1.03. The van der Waals surface area contributed by atoms with E-state index in [0.29, 0.717) is 12.3 Å². The molecule has 0 saturated heterocycles. The number of rotatable bonds is 10. The second-order valence-corrected chi connectivity index (χ2v) is 8.86. The smallest absolute Gasteiger partial charge is 0.230 e. The van der Waals surface area contributed by atoms with E-state index in [9.17, 15) is 4.79 Å². The van der Waals surface area contributed by atoms with Crippen LogP contribution >= 0.6 is 23.1 Å². The van der Waals surface area contributed by atoms with Gasteiger partial charge in [0.1, 0.15) is 0 Å². The Labute approximate surface area is 179 Å². The summed E-state index contributed by atoms with van der Waals surface area (Å²) >= 11 is 2.88. The Balaban J connectivity index is 1.50. The number of carbonyl (C=O) groups excluding carboxylic acids is 1. The van der Waals surface area contributed by atoms with E-state index in [1.807, 2.05) is 36.7 Å². The van der Waals surface area contributed by atoms with E-state index >= 15 is 0 Å². The second-order valence-electron chi connectivity index (χ2n) is 6.66. The summed E-state index contributed by atoms with van der Waals surface area (Å²) in [5.41, 5.74) is 4.30. The third-order valence-corrected chi connectivity index (χ3v) is 6.44. The molecule has 0 saturated carbocycles. The molecule has 7 nitrogen and oxygen atoms in total. The molecule has 1 amide bonds. The van der Waals surface area contributed by atoms with Crippen LogP contribution in [0, 0.1) is 13.8 Å². The minimum absolute atomic E-state index is 0.0251. The van der Waals surface area contributed by atoms with E-state index in [-0.39, 0.29) is 5.91 Å². The van der Waals surface area contributed by atoms with Gasteiger partial charge in [-0.1, -0.05) is 60.4 Å². The summed E-state index contributed by atoms with van der Waals surface area (Å²) in [6.45, 7) is 8.20. The second kappa shape index (κ2) is 10.4. The number of nitrogens with one attached hydrogen (secondary N) is 2. The van der Waals surface area contributed by atoms with Crippen molar-refractivity contribution in [3.05, 3.63) is 52.8 Å². The van der Waals surface area contributed by atoms with Gasteiger partial charge in [-0.25, -0.2) is 0 Å². The molecule has 0 atom stereocenters. The van der Waals surface area contributed by atoms with Crippen LogP contribution in [0.25, 0.3) is 0 Å². The van der Waals surface area contributed by atoms with Crippen LogP contribution in [0.3, 0.4) is 0 Å². The fourth-order valence-electron chi connectivity index (χ4n) is 2.84. The first-order chi connectivity index (χ1) is 14.1. The van der Waals surface area contributed by atoms with Gasteiger partial charge >= 0.3 is 0 Å². The van der Waals surface area contributed by atoms with Crippen molar-refractivity contribution < 1.29 is 4.79 Å². The lowest BCUT2D eigenvalue weighted by atomic mass is 10.2. The summed E-state index contributed by atoms with van der Waals surface area (Å²) in [6, 6.07) is 10.2. The highest BCUT2D eigenvalue weighted by Gasteiger charge is 2.14. The van der Waals surface area contributed by atoms with E-state index in [1.54, 1.807) is 0 Å². The first-order valence-electron chi connectivity index (χ1n) is 9.60. The third-order valence-electron chi connectivity index (χ3n) is 4.43. The van der Waals surface area contributed by atoms with Crippen LogP contribution in [0.4, 0.5) is 5.13 Å². The quantitative estimate of drug-likeness (QED) is 0.478. The van der Waals surface area contributed by atoms with Crippen molar-refractivity contribution >= 4 is 34.1 Å². The van der Waals surface area contributed by atoms with Crippen LogP contribution in [0.5, 0.6) is 0 Å². The van der Waals surface area contributed by atoms with E-state index < -0.39 is 0 Å². The Morgan fingerprint density at radius 3 is 2.76 bits per heavy atom. The molecule has 0 aliphatic heterocycles. The molecule has 0 fully saturated rings. The molecule has 0 aliphatic carbocycles. The molecule has 0 aliphatic rings. The Morgan fingerprint density at radius 1 is 1.21 bits per heavy atom. The number of anilines is 1. The van der Waals surface area contributed by atoms with Crippen molar-refractivity contribution in [2.75, 3.05) is 17.6 Å². The molecular formula is C20H26N6OS2. The van der Waals surface area contributed by atoms with Gasteiger partial charge in [0, 0.05) is 24.3 Å². The van der Waals surface area contributed by atoms with Crippen LogP contribution < -0.4 is 10.6 Å². The Bertz CT molecular complexity index is 938. The van der Waals surface area contributed by atoms with E-state index in [1.165, 1.54) is 28.7 Å². The number of hydrogen-bond acceptors (Lipinski definition) is 7. The van der Waals surface area contributed by atoms with Crippen molar-refractivity contribution in [3.8, 4) is 0 Å². The van der Waals surface area contributed by atoms with Crippen molar-refractivity contribution in [2.24, 2.45) is 0 Å². The summed E-state index contributed by atoms with van der Waals surface area (Å²) in [5, 5.41) is 19.8. The monoisotopic (exact) mass is 430 g/mol. The lowest BCUT2D eigenvalue weighted by molar-refractivity contribution is -0.118. The largest absolute Gasteiger partial charge is 0.360 e. The normalized spacial score (nSPS) is 10.9. The minimum Gasteiger partial charge on any atom is -0.360 e. The number of thioether (sulfide) groups is 1. The number of benzene rings is 1. The number of aryl methyl sites for hydroxylation is 1. The Kier molecular flexibility index (Phi) is 7.65. The van der Waals surface area contributed by atoms with Crippen LogP contribution in [-0.2, 0) is 17.9 Å². The average molecular weight is 431 g/mol. The van der Waals surface area contributed by atoms with Gasteiger partial charge in [0.05, 0.1) is 18.0 Å². The summed E-state index contributed by atoms with van der Waals surface area (Å²) in [5.74, 6) is 0.293. The number of carbonyl (C=O) groups is 1. The molecule has 3 aromatic rings.